The summed E-state index contributed by atoms with van der Waals surface area (Å²) in [5, 5.41) is 6.48. The third kappa shape index (κ3) is 7.26. The molecule has 2 aromatic rings. The van der Waals surface area contributed by atoms with Crippen LogP contribution in [-0.4, -0.2) is 40.4 Å². The average molecular weight is 517 g/mol. The highest BCUT2D eigenvalue weighted by Gasteiger charge is 2.15. The fourth-order valence-corrected chi connectivity index (χ4v) is 2.82. The number of guanidine groups is 1. The molecule has 2 N–H and O–H groups in total. The lowest BCUT2D eigenvalue weighted by molar-refractivity contribution is 0.322. The second-order valence-electron chi connectivity index (χ2n) is 6.00. The van der Waals surface area contributed by atoms with Crippen LogP contribution < -0.4 is 24.8 Å². The summed E-state index contributed by atoms with van der Waals surface area (Å²) in [5.74, 6) is 2.28. The second-order valence-corrected chi connectivity index (χ2v) is 6.00. The van der Waals surface area contributed by atoms with Crippen LogP contribution in [-0.2, 0) is 13.0 Å². The number of nitrogens with one attached hydrogen (secondary N) is 2. The summed E-state index contributed by atoms with van der Waals surface area (Å²) in [4.78, 5) is 4.51. The molecular weight excluding hydrogens is 488 g/mol. The van der Waals surface area contributed by atoms with Crippen LogP contribution in [0.4, 0.5) is 4.39 Å². The molecular formula is C21H29FIN3O3. The van der Waals surface area contributed by atoms with Crippen molar-refractivity contribution in [2.75, 3.05) is 34.4 Å². The molecule has 29 heavy (non-hydrogen) atoms. The van der Waals surface area contributed by atoms with Gasteiger partial charge in [0.1, 0.15) is 5.82 Å². The summed E-state index contributed by atoms with van der Waals surface area (Å²) in [7, 11) is 4.79. The summed E-state index contributed by atoms with van der Waals surface area (Å²) in [6.07, 6.45) is 0.702. The second kappa shape index (κ2) is 13.1. The van der Waals surface area contributed by atoms with Gasteiger partial charge >= 0.3 is 0 Å². The zero-order valence-electron chi connectivity index (χ0n) is 17.3. The van der Waals surface area contributed by atoms with Gasteiger partial charge in [-0.3, -0.25) is 0 Å². The quantitative estimate of drug-likeness (QED) is 0.301. The SMILES string of the molecule is CCNC(=NCc1cccc(F)c1)NCCc1ccc(OC)c(OC)c1OC.I. The van der Waals surface area contributed by atoms with Crippen molar-refractivity contribution in [2.45, 2.75) is 19.9 Å². The number of rotatable bonds is 9. The topological polar surface area (TPSA) is 64.1 Å². The van der Waals surface area contributed by atoms with Gasteiger partial charge in [0.15, 0.2) is 17.5 Å². The summed E-state index contributed by atoms with van der Waals surface area (Å²) in [6, 6.07) is 10.3. The smallest absolute Gasteiger partial charge is 0.203 e. The molecule has 0 aromatic heterocycles. The lowest BCUT2D eigenvalue weighted by Gasteiger charge is -2.16. The van der Waals surface area contributed by atoms with Crippen molar-refractivity contribution in [2.24, 2.45) is 4.99 Å². The third-order valence-corrected chi connectivity index (χ3v) is 4.13. The number of methoxy groups -OCH3 is 3. The van der Waals surface area contributed by atoms with E-state index >= 15 is 0 Å². The predicted octanol–water partition coefficient (Wildman–Crippen LogP) is 3.77. The monoisotopic (exact) mass is 517 g/mol. The maximum atomic E-state index is 13.3. The zero-order chi connectivity index (χ0) is 20.4. The van der Waals surface area contributed by atoms with E-state index in [-0.39, 0.29) is 29.8 Å². The highest BCUT2D eigenvalue weighted by Crippen LogP contribution is 2.39. The highest BCUT2D eigenvalue weighted by atomic mass is 127. The van der Waals surface area contributed by atoms with E-state index in [0.717, 1.165) is 17.7 Å². The summed E-state index contributed by atoms with van der Waals surface area (Å²) < 4.78 is 29.6. The Bertz CT molecular complexity index is 803. The number of hydrogen-bond donors (Lipinski definition) is 2. The first kappa shape index (κ1) is 24.8. The molecule has 0 amide bonds. The number of benzene rings is 2. The Hall–Kier alpha value is -2.23. The Morgan fingerprint density at radius 2 is 1.76 bits per heavy atom. The standard InChI is InChI=1S/C21H28FN3O3.HI/c1-5-23-21(25-14-15-7-6-8-17(22)13-15)24-12-11-16-9-10-18(26-2)20(28-4)19(16)27-3;/h6-10,13H,5,11-12,14H2,1-4H3,(H2,23,24,25);1H. The highest BCUT2D eigenvalue weighted by molar-refractivity contribution is 14.0. The molecule has 0 atom stereocenters. The van der Waals surface area contributed by atoms with Crippen LogP contribution in [0.3, 0.4) is 0 Å². The molecule has 0 spiro atoms. The Balaban J connectivity index is 0.00000420. The molecule has 0 bridgehead atoms. The van der Waals surface area contributed by atoms with Crippen molar-refractivity contribution < 1.29 is 18.6 Å². The normalized spacial score (nSPS) is 10.7. The first-order valence-electron chi connectivity index (χ1n) is 9.17. The minimum absolute atomic E-state index is 0. The molecule has 160 valence electrons. The van der Waals surface area contributed by atoms with Gasteiger partial charge in [-0.1, -0.05) is 18.2 Å². The van der Waals surface area contributed by atoms with Crippen LogP contribution in [0, 0.1) is 5.82 Å². The van der Waals surface area contributed by atoms with Crippen LogP contribution >= 0.6 is 24.0 Å². The van der Waals surface area contributed by atoms with Gasteiger partial charge in [0.05, 0.1) is 27.9 Å². The molecule has 0 radical (unpaired) electrons. The Morgan fingerprint density at radius 1 is 1.00 bits per heavy atom. The molecule has 0 aliphatic heterocycles. The van der Waals surface area contributed by atoms with Crippen LogP contribution in [0.25, 0.3) is 0 Å². The van der Waals surface area contributed by atoms with E-state index in [4.69, 9.17) is 14.2 Å². The van der Waals surface area contributed by atoms with Gasteiger partial charge in [-0.15, -0.1) is 24.0 Å². The predicted molar refractivity (Wildman–Crippen MR) is 124 cm³/mol. The number of hydrogen-bond acceptors (Lipinski definition) is 4. The van der Waals surface area contributed by atoms with Crippen molar-refractivity contribution >= 4 is 29.9 Å². The van der Waals surface area contributed by atoms with Gasteiger partial charge in [-0.25, -0.2) is 9.38 Å². The first-order valence-corrected chi connectivity index (χ1v) is 9.17. The Morgan fingerprint density at radius 3 is 2.38 bits per heavy atom. The number of nitrogens with zero attached hydrogens (tertiary/aromatic N) is 1. The molecule has 0 saturated heterocycles. The fourth-order valence-electron chi connectivity index (χ4n) is 2.82. The zero-order valence-corrected chi connectivity index (χ0v) is 19.6. The van der Waals surface area contributed by atoms with E-state index in [1.807, 2.05) is 25.1 Å². The Labute approximate surface area is 188 Å². The van der Waals surface area contributed by atoms with Crippen molar-refractivity contribution in [1.29, 1.82) is 0 Å². The number of halogens is 2. The molecule has 0 unspecified atom stereocenters. The largest absolute Gasteiger partial charge is 0.493 e. The molecule has 2 aromatic carbocycles. The lowest BCUT2D eigenvalue weighted by Crippen LogP contribution is -2.38. The summed E-state index contributed by atoms with van der Waals surface area (Å²) in [5.41, 5.74) is 1.81. The lowest BCUT2D eigenvalue weighted by atomic mass is 10.1. The molecule has 6 nitrogen and oxygen atoms in total. The van der Waals surface area contributed by atoms with E-state index in [2.05, 4.69) is 15.6 Å². The first-order chi connectivity index (χ1) is 13.6. The molecule has 2 rings (SSSR count). The van der Waals surface area contributed by atoms with Crippen molar-refractivity contribution in [3.63, 3.8) is 0 Å². The van der Waals surface area contributed by atoms with Gasteiger partial charge in [0.25, 0.3) is 0 Å². The number of ether oxygens (including phenoxy) is 3. The molecule has 0 aliphatic carbocycles. The van der Waals surface area contributed by atoms with Crippen molar-refractivity contribution in [3.8, 4) is 17.2 Å². The van der Waals surface area contributed by atoms with Crippen LogP contribution in [0.15, 0.2) is 41.4 Å². The Kier molecular flexibility index (Phi) is 11.2. The van der Waals surface area contributed by atoms with Gasteiger partial charge < -0.3 is 24.8 Å². The van der Waals surface area contributed by atoms with E-state index in [1.165, 1.54) is 12.1 Å². The molecule has 8 heteroatoms. The molecule has 0 heterocycles. The minimum atomic E-state index is -0.258. The van der Waals surface area contributed by atoms with E-state index in [1.54, 1.807) is 27.4 Å². The summed E-state index contributed by atoms with van der Waals surface area (Å²) >= 11 is 0. The molecule has 0 saturated carbocycles. The summed E-state index contributed by atoms with van der Waals surface area (Å²) in [6.45, 7) is 3.76. The van der Waals surface area contributed by atoms with E-state index < -0.39 is 0 Å². The molecule has 0 fully saturated rings. The van der Waals surface area contributed by atoms with Crippen molar-refractivity contribution in [3.05, 3.63) is 53.3 Å². The van der Waals surface area contributed by atoms with Crippen LogP contribution in [0.1, 0.15) is 18.1 Å². The van der Waals surface area contributed by atoms with Gasteiger partial charge in [0.2, 0.25) is 5.75 Å². The third-order valence-electron chi connectivity index (χ3n) is 4.13. The van der Waals surface area contributed by atoms with Crippen LogP contribution in [0.2, 0.25) is 0 Å². The average Bonchev–Trinajstić information content (AvgIpc) is 2.71. The van der Waals surface area contributed by atoms with E-state index in [9.17, 15) is 4.39 Å². The van der Waals surface area contributed by atoms with Gasteiger partial charge in [-0.2, -0.15) is 0 Å². The maximum Gasteiger partial charge on any atom is 0.203 e. The van der Waals surface area contributed by atoms with Crippen LogP contribution in [0.5, 0.6) is 17.2 Å². The van der Waals surface area contributed by atoms with E-state index in [0.29, 0.717) is 42.7 Å². The van der Waals surface area contributed by atoms with Gasteiger partial charge in [0, 0.05) is 18.7 Å². The minimum Gasteiger partial charge on any atom is -0.493 e. The maximum absolute atomic E-state index is 13.3. The fraction of sp³-hybridized carbons (Fsp3) is 0.381. The van der Waals surface area contributed by atoms with Crippen molar-refractivity contribution in [1.82, 2.24) is 10.6 Å². The molecule has 0 aliphatic rings. The van der Waals surface area contributed by atoms with Gasteiger partial charge in [-0.05, 0) is 37.1 Å². The number of aliphatic imine (C=N–C) groups is 1.